The van der Waals surface area contributed by atoms with Crippen LogP contribution in [0.5, 0.6) is 5.75 Å². The minimum absolute atomic E-state index is 0.123. The third-order valence-electron chi connectivity index (χ3n) is 5.27. The number of benzene rings is 3. The Morgan fingerprint density at radius 1 is 1.05 bits per heavy atom. The molecule has 4 rings (SSSR count). The van der Waals surface area contributed by atoms with Crippen molar-refractivity contribution in [2.45, 2.75) is 30.4 Å². The number of ether oxygens (including phenoxy) is 1. The molecule has 0 saturated heterocycles. The van der Waals surface area contributed by atoms with Gasteiger partial charge in [-0.05, 0) is 74.0 Å². The molecule has 9 heteroatoms. The van der Waals surface area contributed by atoms with Gasteiger partial charge in [0.2, 0.25) is 11.8 Å². The minimum atomic E-state index is -0.363. The molecule has 0 aliphatic rings. The van der Waals surface area contributed by atoms with Gasteiger partial charge in [0.05, 0.1) is 24.0 Å². The highest BCUT2D eigenvalue weighted by atomic mass is 35.5. The maximum absolute atomic E-state index is 12.8. The first-order valence-electron chi connectivity index (χ1n) is 11.7. The fourth-order valence-corrected chi connectivity index (χ4v) is 5.23. The molecule has 190 valence electrons. The first-order chi connectivity index (χ1) is 17.9. The second kappa shape index (κ2) is 12.8. The van der Waals surface area contributed by atoms with Gasteiger partial charge < -0.3 is 15.4 Å². The van der Waals surface area contributed by atoms with Gasteiger partial charge in [-0.15, -0.1) is 23.1 Å². The molecule has 0 aliphatic heterocycles. The predicted octanol–water partition coefficient (Wildman–Crippen LogP) is 7.16. The molecule has 4 aromatic rings. The van der Waals surface area contributed by atoms with E-state index in [9.17, 15) is 9.59 Å². The van der Waals surface area contributed by atoms with Crippen LogP contribution < -0.4 is 15.4 Å². The predicted molar refractivity (Wildman–Crippen MR) is 153 cm³/mol. The van der Waals surface area contributed by atoms with Crippen molar-refractivity contribution in [1.29, 1.82) is 0 Å². The molecule has 0 spiro atoms. The Kier molecular flexibility index (Phi) is 9.22. The quantitative estimate of drug-likeness (QED) is 0.204. The average Bonchev–Trinajstić information content (AvgIpc) is 3.34. The summed E-state index contributed by atoms with van der Waals surface area (Å²) in [6.07, 6.45) is 0.250. The van der Waals surface area contributed by atoms with Gasteiger partial charge in [-0.3, -0.25) is 9.59 Å². The molecule has 2 N–H and O–H groups in total. The third-order valence-corrected chi connectivity index (χ3v) is 7.38. The Balaban J connectivity index is 1.31. The van der Waals surface area contributed by atoms with Crippen molar-refractivity contribution >= 4 is 57.3 Å². The molecular weight excluding hydrogens is 526 g/mol. The normalized spacial score (nSPS) is 11.5. The molecule has 37 heavy (non-hydrogen) atoms. The van der Waals surface area contributed by atoms with Crippen LogP contribution in [0.1, 0.15) is 19.4 Å². The van der Waals surface area contributed by atoms with Crippen LogP contribution in [0.4, 0.5) is 10.8 Å². The molecule has 0 radical (unpaired) electrons. The Bertz CT molecular complexity index is 1360. The van der Waals surface area contributed by atoms with Crippen LogP contribution in [0.15, 0.2) is 83.1 Å². The summed E-state index contributed by atoms with van der Waals surface area (Å²) in [5.74, 6) is 0.545. The van der Waals surface area contributed by atoms with Crippen molar-refractivity contribution in [3.8, 4) is 17.0 Å². The molecule has 0 fully saturated rings. The molecule has 6 nitrogen and oxygen atoms in total. The largest absolute Gasteiger partial charge is 0.494 e. The molecule has 1 unspecified atom stereocenters. The van der Waals surface area contributed by atoms with Gasteiger partial charge in [0.15, 0.2) is 5.13 Å². The van der Waals surface area contributed by atoms with Crippen LogP contribution in [0.3, 0.4) is 0 Å². The van der Waals surface area contributed by atoms with Crippen LogP contribution in [-0.2, 0) is 16.0 Å². The zero-order chi connectivity index (χ0) is 26.2. The maximum Gasteiger partial charge on any atom is 0.239 e. The van der Waals surface area contributed by atoms with Crippen molar-refractivity contribution in [3.63, 3.8) is 0 Å². The number of anilines is 2. The van der Waals surface area contributed by atoms with Gasteiger partial charge in [0, 0.05) is 26.5 Å². The standard InChI is InChI=1S/C28H26ClN3O3S2/c1-3-35-23-13-9-20(10-14-23)25-17-36-28(31-25)32-27(34)18(2)37-24-6-4-5-22(16-24)30-26(33)15-19-7-11-21(29)12-8-19/h4-14,16-18H,3,15H2,1-2H3,(H,30,33)(H,31,32,34). The molecule has 0 bridgehead atoms. The fraction of sp³-hybridized carbons (Fsp3) is 0.179. The van der Waals surface area contributed by atoms with Crippen molar-refractivity contribution in [2.24, 2.45) is 0 Å². The molecule has 3 aromatic carbocycles. The van der Waals surface area contributed by atoms with Crippen molar-refractivity contribution < 1.29 is 14.3 Å². The van der Waals surface area contributed by atoms with Gasteiger partial charge >= 0.3 is 0 Å². The second-order valence-electron chi connectivity index (χ2n) is 8.12. The number of thiazole rings is 1. The van der Waals surface area contributed by atoms with E-state index in [1.807, 2.05) is 79.9 Å². The maximum atomic E-state index is 12.8. The first-order valence-corrected chi connectivity index (χ1v) is 13.8. The zero-order valence-corrected chi connectivity index (χ0v) is 22.8. The van der Waals surface area contributed by atoms with Crippen LogP contribution in [0.25, 0.3) is 11.3 Å². The summed E-state index contributed by atoms with van der Waals surface area (Å²) in [6.45, 7) is 4.40. The highest BCUT2D eigenvalue weighted by Crippen LogP contribution is 2.29. The number of rotatable bonds is 10. The van der Waals surface area contributed by atoms with Crippen LogP contribution in [0.2, 0.25) is 5.02 Å². The Morgan fingerprint density at radius 3 is 2.54 bits per heavy atom. The van der Waals surface area contributed by atoms with Crippen molar-refractivity contribution in [1.82, 2.24) is 4.98 Å². The summed E-state index contributed by atoms with van der Waals surface area (Å²) in [4.78, 5) is 30.7. The monoisotopic (exact) mass is 551 g/mol. The summed E-state index contributed by atoms with van der Waals surface area (Å²) in [5, 5.41) is 8.55. The molecular formula is C28H26ClN3O3S2. The molecule has 1 aromatic heterocycles. The van der Waals surface area contributed by atoms with E-state index in [2.05, 4.69) is 15.6 Å². The number of hydrogen-bond donors (Lipinski definition) is 2. The molecule has 0 aliphatic carbocycles. The first kappa shape index (κ1) is 26.7. The Morgan fingerprint density at radius 2 is 1.81 bits per heavy atom. The highest BCUT2D eigenvalue weighted by Gasteiger charge is 2.17. The van der Waals surface area contributed by atoms with Crippen LogP contribution in [0, 0.1) is 0 Å². The minimum Gasteiger partial charge on any atom is -0.494 e. The lowest BCUT2D eigenvalue weighted by atomic mass is 10.1. The summed E-state index contributed by atoms with van der Waals surface area (Å²) in [6, 6.07) is 22.4. The van der Waals surface area contributed by atoms with Gasteiger partial charge in [0.25, 0.3) is 0 Å². The number of carbonyl (C=O) groups excluding carboxylic acids is 2. The van der Waals surface area contributed by atoms with E-state index in [1.54, 1.807) is 12.1 Å². The topological polar surface area (TPSA) is 80.3 Å². The zero-order valence-electron chi connectivity index (χ0n) is 20.4. The summed E-state index contributed by atoms with van der Waals surface area (Å²) < 4.78 is 5.48. The molecule has 1 heterocycles. The van der Waals surface area contributed by atoms with E-state index in [0.717, 1.165) is 27.5 Å². The number of nitrogens with one attached hydrogen (secondary N) is 2. The van der Waals surface area contributed by atoms with Crippen molar-refractivity contribution in [2.75, 3.05) is 17.2 Å². The summed E-state index contributed by atoms with van der Waals surface area (Å²) in [5.41, 5.74) is 3.31. The smallest absolute Gasteiger partial charge is 0.239 e. The average molecular weight is 552 g/mol. The second-order valence-corrected chi connectivity index (χ2v) is 10.8. The van der Waals surface area contributed by atoms with Crippen LogP contribution in [-0.4, -0.2) is 28.7 Å². The van der Waals surface area contributed by atoms with E-state index in [1.165, 1.54) is 23.1 Å². The van der Waals surface area contributed by atoms with Crippen LogP contribution >= 0.6 is 34.7 Å². The van der Waals surface area contributed by atoms with E-state index >= 15 is 0 Å². The number of aromatic nitrogens is 1. The van der Waals surface area contributed by atoms with Gasteiger partial charge in [-0.2, -0.15) is 0 Å². The number of halogens is 1. The number of hydrogen-bond acceptors (Lipinski definition) is 6. The molecule has 2 amide bonds. The lowest BCUT2D eigenvalue weighted by molar-refractivity contribution is -0.116. The van der Waals surface area contributed by atoms with E-state index in [0.29, 0.717) is 22.4 Å². The van der Waals surface area contributed by atoms with Gasteiger partial charge in [-0.1, -0.05) is 29.8 Å². The Hall–Kier alpha value is -3.33. The van der Waals surface area contributed by atoms with Gasteiger partial charge in [0.1, 0.15) is 5.75 Å². The number of nitrogens with zero attached hydrogens (tertiary/aromatic N) is 1. The van der Waals surface area contributed by atoms with E-state index in [4.69, 9.17) is 16.3 Å². The number of carbonyl (C=O) groups is 2. The fourth-order valence-electron chi connectivity index (χ4n) is 3.46. The SMILES string of the molecule is CCOc1ccc(-c2csc(NC(=O)C(C)Sc3cccc(NC(=O)Cc4ccc(Cl)cc4)c3)n2)cc1. The number of thioether (sulfide) groups is 1. The van der Waals surface area contributed by atoms with Gasteiger partial charge in [-0.25, -0.2) is 4.98 Å². The lowest BCUT2D eigenvalue weighted by Crippen LogP contribution is -2.22. The highest BCUT2D eigenvalue weighted by molar-refractivity contribution is 8.00. The van der Waals surface area contributed by atoms with E-state index in [-0.39, 0.29) is 23.5 Å². The number of amides is 2. The van der Waals surface area contributed by atoms with Crippen molar-refractivity contribution in [3.05, 3.63) is 88.8 Å². The third kappa shape index (κ3) is 7.82. The summed E-state index contributed by atoms with van der Waals surface area (Å²) in [7, 11) is 0. The van der Waals surface area contributed by atoms with E-state index < -0.39 is 0 Å². The Labute approximate surface area is 229 Å². The lowest BCUT2D eigenvalue weighted by Gasteiger charge is -2.12. The molecule has 0 saturated carbocycles. The summed E-state index contributed by atoms with van der Waals surface area (Å²) >= 11 is 8.70. The molecule has 1 atom stereocenters.